The number of amides is 1. The third kappa shape index (κ3) is 9.13. The number of carbonyl (C=O) groups is 2. The van der Waals surface area contributed by atoms with E-state index in [1.54, 1.807) is 37.3 Å². The summed E-state index contributed by atoms with van der Waals surface area (Å²) in [6, 6.07) is 16.1. The molecule has 1 aliphatic heterocycles. The van der Waals surface area contributed by atoms with Gasteiger partial charge < -0.3 is 38.4 Å². The normalized spacial score (nSPS) is 17.4. The van der Waals surface area contributed by atoms with Crippen LogP contribution in [0.25, 0.3) is 0 Å². The molecule has 0 spiro atoms. The first kappa shape index (κ1) is 38.4. The van der Waals surface area contributed by atoms with E-state index >= 15 is 0 Å². The van der Waals surface area contributed by atoms with Crippen molar-refractivity contribution in [1.29, 1.82) is 0 Å². The highest BCUT2D eigenvalue weighted by Crippen LogP contribution is 2.45. The van der Waals surface area contributed by atoms with Gasteiger partial charge in [-0.1, -0.05) is 50.1 Å². The Labute approximate surface area is 307 Å². The molecule has 2 fully saturated rings. The highest BCUT2D eigenvalue weighted by atomic mass is 16.5. The van der Waals surface area contributed by atoms with Crippen LogP contribution in [-0.4, -0.2) is 69.5 Å². The van der Waals surface area contributed by atoms with Crippen molar-refractivity contribution in [2.75, 3.05) is 41.6 Å². The lowest BCUT2D eigenvalue weighted by molar-refractivity contribution is -0.163. The zero-order valence-electron chi connectivity index (χ0n) is 30.9. The summed E-state index contributed by atoms with van der Waals surface area (Å²) < 4.78 is 34.2. The van der Waals surface area contributed by atoms with Gasteiger partial charge >= 0.3 is 5.97 Å². The number of phenols is 1. The number of likely N-dealkylation sites (tertiary alicyclic amines) is 1. The topological polar surface area (TPSA) is 113 Å². The summed E-state index contributed by atoms with van der Waals surface area (Å²) >= 11 is 0. The predicted molar refractivity (Wildman–Crippen MR) is 199 cm³/mol. The fourth-order valence-electron chi connectivity index (χ4n) is 7.60. The molecule has 52 heavy (non-hydrogen) atoms. The lowest BCUT2D eigenvalue weighted by Gasteiger charge is -2.39. The summed E-state index contributed by atoms with van der Waals surface area (Å²) in [7, 11) is 6.17. The Morgan fingerprint density at radius 2 is 1.52 bits per heavy atom. The number of phenolic OH excluding ortho intramolecular Hbond substituents is 1. The molecule has 1 amide bonds. The van der Waals surface area contributed by atoms with Gasteiger partial charge in [0.1, 0.15) is 24.5 Å². The van der Waals surface area contributed by atoms with Crippen LogP contribution >= 0.6 is 0 Å². The molecule has 3 atom stereocenters. The van der Waals surface area contributed by atoms with Gasteiger partial charge in [-0.25, -0.2) is 4.79 Å². The van der Waals surface area contributed by atoms with E-state index in [9.17, 15) is 14.7 Å². The Morgan fingerprint density at radius 3 is 2.19 bits per heavy atom. The fraction of sp³-hybridized carbons (Fsp3) is 0.476. The van der Waals surface area contributed by atoms with Crippen molar-refractivity contribution in [3.05, 3.63) is 83.9 Å². The van der Waals surface area contributed by atoms with Gasteiger partial charge in [-0.15, -0.1) is 0 Å². The number of nitrogens with zero attached hydrogens (tertiary/aromatic N) is 1. The molecule has 280 valence electrons. The summed E-state index contributed by atoms with van der Waals surface area (Å²) in [6.45, 7) is 4.55. The van der Waals surface area contributed by atoms with Crippen molar-refractivity contribution in [2.45, 2.75) is 82.3 Å². The lowest BCUT2D eigenvalue weighted by Crippen LogP contribution is -2.51. The first-order valence-electron chi connectivity index (χ1n) is 18.3. The van der Waals surface area contributed by atoms with E-state index in [0.717, 1.165) is 56.1 Å². The molecule has 2 aliphatic rings. The van der Waals surface area contributed by atoms with Crippen LogP contribution in [-0.2, 0) is 20.7 Å². The molecule has 1 heterocycles. The molecule has 5 rings (SSSR count). The highest BCUT2D eigenvalue weighted by Gasteiger charge is 2.41. The molecule has 0 radical (unpaired) electrons. The monoisotopic (exact) mass is 715 g/mol. The Hall–Kier alpha value is -4.86. The van der Waals surface area contributed by atoms with E-state index < -0.39 is 24.0 Å². The maximum absolute atomic E-state index is 14.8. The fourth-order valence-corrected chi connectivity index (χ4v) is 7.60. The van der Waals surface area contributed by atoms with E-state index in [0.29, 0.717) is 55.2 Å². The lowest BCUT2D eigenvalue weighted by atomic mass is 9.75. The molecule has 10 heteroatoms. The predicted octanol–water partition coefficient (Wildman–Crippen LogP) is 7.95. The Morgan fingerprint density at radius 1 is 0.827 bits per heavy atom. The average molecular weight is 716 g/mol. The van der Waals surface area contributed by atoms with Gasteiger partial charge in [-0.05, 0) is 104 Å². The van der Waals surface area contributed by atoms with Crippen LogP contribution in [0.15, 0.2) is 67.3 Å². The van der Waals surface area contributed by atoms with E-state index in [1.165, 1.54) is 14.2 Å². The minimum absolute atomic E-state index is 0.0753. The number of rotatable bonds is 16. The van der Waals surface area contributed by atoms with Crippen LogP contribution in [0.4, 0.5) is 0 Å². The molecular formula is C42H53NO9. The van der Waals surface area contributed by atoms with Gasteiger partial charge in [0.2, 0.25) is 11.7 Å². The molecule has 1 saturated carbocycles. The quantitative estimate of drug-likeness (QED) is 0.117. The van der Waals surface area contributed by atoms with Crippen molar-refractivity contribution in [1.82, 2.24) is 4.90 Å². The maximum atomic E-state index is 14.8. The van der Waals surface area contributed by atoms with Gasteiger partial charge in [-0.2, -0.15) is 0 Å². The van der Waals surface area contributed by atoms with Gasteiger partial charge in [0.15, 0.2) is 23.0 Å². The number of benzene rings is 3. The van der Waals surface area contributed by atoms with E-state index in [1.807, 2.05) is 42.5 Å². The Bertz CT molecular complexity index is 1640. The smallest absolute Gasteiger partial charge is 0.329 e. The standard InChI is InChI=1S/C42H53NO9/c1-6-23-51-32-16-12-15-30(25-32)34(20-18-28-19-21-35(47-2)36(24-28)48-3)52-42(46)33-17-10-11-22-43(33)41(45)39(29-13-8-7-9-14-29)31-26-37(49-4)40(44)38(27-31)50-5/h6,12,15-16,19,21,24-27,29,33-34,39,44H,1,7-11,13-14,17-18,20,22-23H2,2-5H3. The van der Waals surface area contributed by atoms with Crippen molar-refractivity contribution < 1.29 is 43.1 Å². The number of aryl methyl sites for hydroxylation is 1. The van der Waals surface area contributed by atoms with Crippen LogP contribution < -0.4 is 23.7 Å². The molecule has 0 aromatic heterocycles. The second-order valence-corrected chi connectivity index (χ2v) is 13.5. The van der Waals surface area contributed by atoms with Gasteiger partial charge in [0.25, 0.3) is 0 Å². The molecule has 3 aromatic carbocycles. The SMILES string of the molecule is C=CCOc1cccc(C(CCc2ccc(OC)c(OC)c2)OC(=O)C2CCCCN2C(=O)C(c2cc(OC)c(O)c(OC)c2)C2CCCCC2)c1. The number of esters is 1. The highest BCUT2D eigenvalue weighted by molar-refractivity contribution is 5.89. The van der Waals surface area contributed by atoms with Crippen LogP contribution in [0.1, 0.15) is 86.5 Å². The number of methoxy groups -OCH3 is 4. The number of aromatic hydroxyl groups is 1. The number of piperidine rings is 1. The third-order valence-corrected chi connectivity index (χ3v) is 10.3. The van der Waals surface area contributed by atoms with E-state index in [2.05, 4.69) is 6.58 Å². The van der Waals surface area contributed by atoms with Gasteiger partial charge in [-0.3, -0.25) is 4.79 Å². The Balaban J connectivity index is 1.44. The molecule has 1 N–H and O–H groups in total. The number of hydrogen-bond acceptors (Lipinski definition) is 9. The first-order valence-corrected chi connectivity index (χ1v) is 18.3. The van der Waals surface area contributed by atoms with Crippen LogP contribution in [0.5, 0.6) is 34.5 Å². The van der Waals surface area contributed by atoms with Crippen molar-refractivity contribution >= 4 is 11.9 Å². The summed E-state index contributed by atoms with van der Waals surface area (Å²) in [5.74, 6) is 1.30. The molecule has 3 aromatic rings. The first-order chi connectivity index (χ1) is 25.3. The summed E-state index contributed by atoms with van der Waals surface area (Å²) in [5, 5.41) is 10.7. The molecule has 1 aliphatic carbocycles. The van der Waals surface area contributed by atoms with Crippen molar-refractivity contribution in [2.24, 2.45) is 5.92 Å². The average Bonchev–Trinajstić information content (AvgIpc) is 3.19. The largest absolute Gasteiger partial charge is 0.502 e. The van der Waals surface area contributed by atoms with Gasteiger partial charge in [0.05, 0.1) is 34.4 Å². The maximum Gasteiger partial charge on any atom is 0.329 e. The van der Waals surface area contributed by atoms with Crippen LogP contribution in [0, 0.1) is 5.92 Å². The molecule has 1 saturated heterocycles. The summed E-state index contributed by atoms with van der Waals surface area (Å²) in [4.78, 5) is 31.0. The third-order valence-electron chi connectivity index (χ3n) is 10.3. The Kier molecular flexibility index (Phi) is 13.7. The number of hydrogen-bond donors (Lipinski definition) is 1. The minimum Gasteiger partial charge on any atom is -0.502 e. The van der Waals surface area contributed by atoms with Gasteiger partial charge in [0, 0.05) is 6.54 Å². The molecule has 3 unspecified atom stereocenters. The summed E-state index contributed by atoms with van der Waals surface area (Å²) in [6.07, 6.45) is 9.25. The number of ether oxygens (including phenoxy) is 6. The van der Waals surface area contributed by atoms with Crippen LogP contribution in [0.2, 0.25) is 0 Å². The second kappa shape index (κ2) is 18.6. The van der Waals surface area contributed by atoms with E-state index in [4.69, 9.17) is 28.4 Å². The minimum atomic E-state index is -0.739. The second-order valence-electron chi connectivity index (χ2n) is 13.5. The molecule has 0 bridgehead atoms. The van der Waals surface area contributed by atoms with Crippen molar-refractivity contribution in [3.63, 3.8) is 0 Å². The molecular weight excluding hydrogens is 662 g/mol. The zero-order chi connectivity index (χ0) is 37.0. The van der Waals surface area contributed by atoms with E-state index in [-0.39, 0.29) is 29.1 Å². The van der Waals surface area contributed by atoms with Crippen molar-refractivity contribution in [3.8, 4) is 34.5 Å². The molecule has 10 nitrogen and oxygen atoms in total. The summed E-state index contributed by atoms with van der Waals surface area (Å²) in [5.41, 5.74) is 2.51. The van der Waals surface area contributed by atoms with Crippen LogP contribution in [0.3, 0.4) is 0 Å². The zero-order valence-corrected chi connectivity index (χ0v) is 30.9. The number of carbonyl (C=O) groups excluding carboxylic acids is 2.